The second-order valence-electron chi connectivity index (χ2n) is 9.84. The third-order valence-corrected chi connectivity index (χ3v) is 9.48. The molecule has 0 heterocycles. The number of likely N-dealkylation sites (N-methyl/N-ethyl adjacent to an activating group) is 1. The van der Waals surface area contributed by atoms with Gasteiger partial charge in [0.2, 0.25) is 11.8 Å². The summed E-state index contributed by atoms with van der Waals surface area (Å²) in [6.45, 7) is 1.38. The van der Waals surface area contributed by atoms with Crippen molar-refractivity contribution in [2.75, 3.05) is 24.5 Å². The lowest BCUT2D eigenvalue weighted by molar-refractivity contribution is -0.140. The van der Waals surface area contributed by atoms with Crippen molar-refractivity contribution in [1.82, 2.24) is 10.2 Å². The molecule has 1 N–H and O–H groups in total. The number of hydrogen-bond donors (Lipinski definition) is 1. The Bertz CT molecular complexity index is 1650. The van der Waals surface area contributed by atoms with Gasteiger partial charge in [-0.15, -0.1) is 0 Å². The van der Waals surface area contributed by atoms with Gasteiger partial charge in [-0.3, -0.25) is 13.9 Å². The Balaban J connectivity index is 1.82. The number of rotatable bonds is 13. The van der Waals surface area contributed by atoms with E-state index in [1.165, 1.54) is 24.1 Å². The molecule has 0 aromatic heterocycles. The lowest BCUT2D eigenvalue weighted by atomic mass is 10.0. The first-order valence-corrected chi connectivity index (χ1v) is 16.1. The number of nitrogens with zero attached hydrogens (tertiary/aromatic N) is 2. The Hall–Kier alpha value is -4.05. The van der Waals surface area contributed by atoms with Gasteiger partial charge >= 0.3 is 0 Å². The molecule has 0 aliphatic rings. The molecule has 0 radical (unpaired) electrons. The molecule has 0 aliphatic carbocycles. The third-order valence-electron chi connectivity index (χ3n) is 6.98. The highest BCUT2D eigenvalue weighted by atomic mass is 35.5. The Labute approximate surface area is 268 Å². The summed E-state index contributed by atoms with van der Waals surface area (Å²) in [4.78, 5) is 29.4. The number of hydrogen-bond acceptors (Lipinski definition) is 5. The molecule has 44 heavy (non-hydrogen) atoms. The smallest absolute Gasteiger partial charge is 0.264 e. The van der Waals surface area contributed by atoms with E-state index in [4.69, 9.17) is 27.9 Å². The van der Waals surface area contributed by atoms with Gasteiger partial charge in [0.15, 0.2) is 0 Å². The van der Waals surface area contributed by atoms with Crippen molar-refractivity contribution < 1.29 is 22.7 Å². The van der Waals surface area contributed by atoms with Crippen LogP contribution in [-0.2, 0) is 32.6 Å². The standard InChI is InChI=1S/C33H33Cl2N3O5S/c1-3-36-33(40)31(21-24-11-6-4-7-12-24)37(22-28-29(34)15-10-16-30(28)35)32(39)23-38(25-17-19-26(43-2)20-18-25)44(41,42)27-13-8-5-9-14-27/h4-20,31H,3,21-23H2,1-2H3,(H,36,40). The second-order valence-corrected chi connectivity index (χ2v) is 12.5. The zero-order chi connectivity index (χ0) is 31.7. The highest BCUT2D eigenvalue weighted by molar-refractivity contribution is 7.92. The Morgan fingerprint density at radius 2 is 1.43 bits per heavy atom. The van der Waals surface area contributed by atoms with Crippen LogP contribution >= 0.6 is 23.2 Å². The van der Waals surface area contributed by atoms with Crippen LogP contribution in [0.4, 0.5) is 5.69 Å². The van der Waals surface area contributed by atoms with Crippen molar-refractivity contribution in [3.8, 4) is 5.75 Å². The van der Waals surface area contributed by atoms with E-state index in [2.05, 4.69) is 5.32 Å². The van der Waals surface area contributed by atoms with Gasteiger partial charge in [0, 0.05) is 35.1 Å². The molecule has 2 amide bonds. The number of benzene rings is 4. The molecular formula is C33H33Cl2N3O5S. The maximum atomic E-state index is 14.4. The van der Waals surface area contributed by atoms with E-state index in [1.807, 2.05) is 30.3 Å². The van der Waals surface area contributed by atoms with E-state index >= 15 is 0 Å². The van der Waals surface area contributed by atoms with E-state index in [0.29, 0.717) is 27.9 Å². The fourth-order valence-electron chi connectivity index (χ4n) is 4.70. The van der Waals surface area contributed by atoms with Crippen LogP contribution in [0.5, 0.6) is 5.75 Å². The van der Waals surface area contributed by atoms with E-state index < -0.39 is 34.4 Å². The van der Waals surface area contributed by atoms with Gasteiger partial charge in [-0.05, 0) is 61.0 Å². The number of amides is 2. The van der Waals surface area contributed by atoms with Crippen molar-refractivity contribution in [3.63, 3.8) is 0 Å². The number of nitrogens with one attached hydrogen (secondary N) is 1. The topological polar surface area (TPSA) is 96.0 Å². The molecule has 4 aromatic rings. The molecule has 4 aromatic carbocycles. The Morgan fingerprint density at radius 3 is 2.00 bits per heavy atom. The number of sulfonamides is 1. The van der Waals surface area contributed by atoms with Crippen LogP contribution in [0.2, 0.25) is 10.0 Å². The quantitative estimate of drug-likeness (QED) is 0.192. The largest absolute Gasteiger partial charge is 0.497 e. The van der Waals surface area contributed by atoms with Crippen molar-refractivity contribution in [2.45, 2.75) is 30.8 Å². The van der Waals surface area contributed by atoms with Crippen LogP contribution in [0, 0.1) is 0 Å². The summed E-state index contributed by atoms with van der Waals surface area (Å²) in [6.07, 6.45) is 0.175. The fourth-order valence-corrected chi connectivity index (χ4v) is 6.65. The monoisotopic (exact) mass is 653 g/mol. The molecule has 0 bridgehead atoms. The Kier molecular flexibility index (Phi) is 11.3. The number of carbonyl (C=O) groups excluding carboxylic acids is 2. The summed E-state index contributed by atoms with van der Waals surface area (Å²) in [6, 6.07) is 27.4. The van der Waals surface area contributed by atoms with Crippen LogP contribution in [0.15, 0.2) is 108 Å². The van der Waals surface area contributed by atoms with Crippen LogP contribution in [0.1, 0.15) is 18.1 Å². The second kappa shape index (κ2) is 15.1. The number of carbonyl (C=O) groups is 2. The average Bonchev–Trinajstić information content (AvgIpc) is 3.03. The van der Waals surface area contributed by atoms with Gasteiger partial charge < -0.3 is 15.0 Å². The summed E-state index contributed by atoms with van der Waals surface area (Å²) in [5.41, 5.74) is 1.50. The van der Waals surface area contributed by atoms with E-state index in [-0.39, 0.29) is 23.5 Å². The van der Waals surface area contributed by atoms with Gasteiger partial charge in [-0.25, -0.2) is 8.42 Å². The molecule has 8 nitrogen and oxygen atoms in total. The van der Waals surface area contributed by atoms with Crippen molar-refractivity contribution in [3.05, 3.63) is 124 Å². The van der Waals surface area contributed by atoms with Gasteiger partial charge in [0.05, 0.1) is 17.7 Å². The SMILES string of the molecule is CCNC(=O)C(Cc1ccccc1)N(Cc1c(Cl)cccc1Cl)C(=O)CN(c1ccc(OC)cc1)S(=O)(=O)c1ccccc1. The summed E-state index contributed by atoms with van der Waals surface area (Å²) in [5.74, 6) is -0.496. The molecule has 11 heteroatoms. The minimum absolute atomic E-state index is 0.00822. The lowest BCUT2D eigenvalue weighted by Crippen LogP contribution is -2.53. The van der Waals surface area contributed by atoms with Crippen molar-refractivity contribution >= 4 is 50.7 Å². The first-order chi connectivity index (χ1) is 21.1. The molecular weight excluding hydrogens is 621 g/mol. The highest BCUT2D eigenvalue weighted by Crippen LogP contribution is 2.29. The van der Waals surface area contributed by atoms with Crippen molar-refractivity contribution in [1.29, 1.82) is 0 Å². The van der Waals surface area contributed by atoms with E-state index in [0.717, 1.165) is 9.87 Å². The summed E-state index contributed by atoms with van der Waals surface area (Å²) in [7, 11) is -2.71. The van der Waals surface area contributed by atoms with Crippen LogP contribution < -0.4 is 14.4 Å². The molecule has 230 valence electrons. The predicted octanol–water partition coefficient (Wildman–Crippen LogP) is 5.97. The van der Waals surface area contributed by atoms with Crippen LogP contribution in [0.3, 0.4) is 0 Å². The van der Waals surface area contributed by atoms with E-state index in [9.17, 15) is 18.0 Å². The fraction of sp³-hybridized carbons (Fsp3) is 0.212. The minimum atomic E-state index is -4.21. The number of anilines is 1. The van der Waals surface area contributed by atoms with Gasteiger partial charge in [0.1, 0.15) is 18.3 Å². The first-order valence-electron chi connectivity index (χ1n) is 13.9. The molecule has 0 fully saturated rings. The van der Waals surface area contributed by atoms with Gasteiger partial charge in [0.25, 0.3) is 10.0 Å². The summed E-state index contributed by atoms with van der Waals surface area (Å²) in [5, 5.41) is 3.45. The molecule has 0 aliphatic heterocycles. The van der Waals surface area contributed by atoms with Gasteiger partial charge in [-0.2, -0.15) is 0 Å². The minimum Gasteiger partial charge on any atom is -0.497 e. The predicted molar refractivity (Wildman–Crippen MR) is 174 cm³/mol. The molecule has 1 atom stereocenters. The zero-order valence-corrected chi connectivity index (χ0v) is 26.6. The highest BCUT2D eigenvalue weighted by Gasteiger charge is 2.35. The summed E-state index contributed by atoms with van der Waals surface area (Å²) >= 11 is 13.1. The maximum Gasteiger partial charge on any atom is 0.264 e. The molecule has 0 spiro atoms. The van der Waals surface area contributed by atoms with Crippen LogP contribution in [0.25, 0.3) is 0 Å². The van der Waals surface area contributed by atoms with Gasteiger partial charge in [-0.1, -0.05) is 77.8 Å². The average molecular weight is 655 g/mol. The number of ether oxygens (including phenoxy) is 1. The number of halogens is 2. The molecule has 0 saturated heterocycles. The number of methoxy groups -OCH3 is 1. The normalized spacial score (nSPS) is 11.8. The maximum absolute atomic E-state index is 14.4. The third kappa shape index (κ3) is 7.91. The lowest BCUT2D eigenvalue weighted by Gasteiger charge is -2.34. The first kappa shape index (κ1) is 32.9. The summed E-state index contributed by atoms with van der Waals surface area (Å²) < 4.78 is 34.3. The van der Waals surface area contributed by atoms with Crippen LogP contribution in [-0.4, -0.2) is 51.4 Å². The molecule has 0 saturated carbocycles. The Morgan fingerprint density at radius 1 is 0.841 bits per heavy atom. The zero-order valence-electron chi connectivity index (χ0n) is 24.3. The molecule has 1 unspecified atom stereocenters. The van der Waals surface area contributed by atoms with E-state index in [1.54, 1.807) is 67.6 Å². The molecule has 4 rings (SSSR count). The van der Waals surface area contributed by atoms with Crippen molar-refractivity contribution in [2.24, 2.45) is 0 Å².